The number of benzene rings is 1. The molecule has 1 heterocycles. The zero-order chi connectivity index (χ0) is 23.2. The molecule has 0 aliphatic carbocycles. The molecule has 31 heavy (non-hydrogen) atoms. The van der Waals surface area contributed by atoms with Gasteiger partial charge in [-0.2, -0.15) is 0 Å². The van der Waals surface area contributed by atoms with E-state index in [0.29, 0.717) is 43.2 Å². The predicted octanol–water partition coefficient (Wildman–Crippen LogP) is 2.29. The number of nitrogens with one attached hydrogen (secondary N) is 1. The van der Waals surface area contributed by atoms with Gasteiger partial charge in [-0.3, -0.25) is 9.59 Å². The van der Waals surface area contributed by atoms with Gasteiger partial charge < -0.3 is 29.3 Å². The van der Waals surface area contributed by atoms with Crippen molar-refractivity contribution >= 4 is 17.9 Å². The van der Waals surface area contributed by atoms with E-state index < -0.39 is 5.60 Å². The monoisotopic (exact) mass is 435 g/mol. The molecular formula is C22H33N3O6. The summed E-state index contributed by atoms with van der Waals surface area (Å²) in [7, 11) is 1.48. The fourth-order valence-electron chi connectivity index (χ4n) is 3.03. The maximum atomic E-state index is 12.9. The maximum absolute atomic E-state index is 12.9. The Hall–Kier alpha value is -2.97. The highest BCUT2D eigenvalue weighted by Gasteiger charge is 2.28. The number of nitrogens with zero attached hydrogens (tertiary/aromatic N) is 2. The maximum Gasteiger partial charge on any atom is 0.410 e. The Morgan fingerprint density at radius 1 is 1.03 bits per heavy atom. The van der Waals surface area contributed by atoms with Crippen molar-refractivity contribution < 1.29 is 28.6 Å². The summed E-state index contributed by atoms with van der Waals surface area (Å²) in [5.41, 5.74) is -0.110. The number of ether oxygens (including phenoxy) is 3. The Labute approximate surface area is 183 Å². The second-order valence-corrected chi connectivity index (χ2v) is 8.64. The van der Waals surface area contributed by atoms with Gasteiger partial charge >= 0.3 is 6.09 Å². The van der Waals surface area contributed by atoms with Crippen LogP contribution in [0.3, 0.4) is 0 Å². The summed E-state index contributed by atoms with van der Waals surface area (Å²) in [5.74, 6) is 0.356. The van der Waals surface area contributed by atoms with Crippen LogP contribution < -0.4 is 14.8 Å². The van der Waals surface area contributed by atoms with Gasteiger partial charge in [0.05, 0.1) is 7.11 Å². The van der Waals surface area contributed by atoms with E-state index in [1.807, 2.05) is 34.6 Å². The number of amides is 3. The minimum atomic E-state index is -0.556. The second-order valence-electron chi connectivity index (χ2n) is 8.64. The lowest BCUT2D eigenvalue weighted by atomic mass is 10.1. The van der Waals surface area contributed by atoms with E-state index in [2.05, 4.69) is 5.32 Å². The van der Waals surface area contributed by atoms with Crippen LogP contribution >= 0.6 is 0 Å². The first-order valence-electron chi connectivity index (χ1n) is 10.4. The highest BCUT2D eigenvalue weighted by molar-refractivity contribution is 5.95. The van der Waals surface area contributed by atoms with Crippen molar-refractivity contribution in [2.24, 2.45) is 0 Å². The summed E-state index contributed by atoms with van der Waals surface area (Å²) in [4.78, 5) is 40.2. The molecule has 1 aliphatic heterocycles. The summed E-state index contributed by atoms with van der Waals surface area (Å²) in [6.45, 7) is 10.7. The van der Waals surface area contributed by atoms with Crippen LogP contribution in [0.2, 0.25) is 0 Å². The summed E-state index contributed by atoms with van der Waals surface area (Å²) in [5, 5.41) is 2.74. The van der Waals surface area contributed by atoms with Crippen LogP contribution in [0.4, 0.5) is 4.79 Å². The van der Waals surface area contributed by atoms with Crippen LogP contribution in [0.1, 0.15) is 45.0 Å². The third-order valence-corrected chi connectivity index (χ3v) is 4.44. The number of carbonyl (C=O) groups excluding carboxylic acids is 3. The van der Waals surface area contributed by atoms with Crippen molar-refractivity contribution in [3.8, 4) is 11.5 Å². The molecule has 0 saturated carbocycles. The average molecular weight is 436 g/mol. The van der Waals surface area contributed by atoms with Crippen LogP contribution in [-0.4, -0.2) is 79.2 Å². The third kappa shape index (κ3) is 7.34. The minimum Gasteiger partial charge on any atom is -0.493 e. The predicted molar refractivity (Wildman–Crippen MR) is 115 cm³/mol. The quantitative estimate of drug-likeness (QED) is 0.736. The van der Waals surface area contributed by atoms with E-state index >= 15 is 0 Å². The van der Waals surface area contributed by atoms with Crippen molar-refractivity contribution in [1.29, 1.82) is 0 Å². The summed E-state index contributed by atoms with van der Waals surface area (Å²) < 4.78 is 16.3. The average Bonchev–Trinajstić information content (AvgIpc) is 2.70. The minimum absolute atomic E-state index is 0.0220. The molecule has 0 atom stereocenters. The Balaban J connectivity index is 1.96. The number of hydrogen-bond donors (Lipinski definition) is 1. The highest BCUT2D eigenvalue weighted by atomic mass is 16.6. The fraction of sp³-hybridized carbons (Fsp3) is 0.591. The fourth-order valence-corrected chi connectivity index (χ4v) is 3.03. The van der Waals surface area contributed by atoms with Gasteiger partial charge in [-0.15, -0.1) is 0 Å². The molecule has 1 saturated heterocycles. The van der Waals surface area contributed by atoms with Crippen LogP contribution in [0.25, 0.3) is 0 Å². The Bertz CT molecular complexity index is 795. The first-order valence-corrected chi connectivity index (χ1v) is 10.4. The van der Waals surface area contributed by atoms with Crippen molar-refractivity contribution in [2.45, 2.75) is 46.3 Å². The zero-order valence-electron chi connectivity index (χ0n) is 19.2. The molecule has 172 valence electrons. The smallest absolute Gasteiger partial charge is 0.410 e. The van der Waals surface area contributed by atoms with E-state index in [9.17, 15) is 14.4 Å². The molecule has 1 N–H and O–H groups in total. The molecule has 1 aromatic rings. The highest BCUT2D eigenvalue weighted by Crippen LogP contribution is 2.28. The van der Waals surface area contributed by atoms with Gasteiger partial charge in [0.15, 0.2) is 18.1 Å². The molecule has 9 heteroatoms. The molecule has 2 rings (SSSR count). The Morgan fingerprint density at radius 3 is 2.19 bits per heavy atom. The van der Waals surface area contributed by atoms with Gasteiger partial charge in [0.2, 0.25) is 0 Å². The first-order chi connectivity index (χ1) is 14.5. The summed E-state index contributed by atoms with van der Waals surface area (Å²) in [6.07, 6.45) is -0.371. The number of rotatable bonds is 6. The first kappa shape index (κ1) is 24.3. The van der Waals surface area contributed by atoms with Gasteiger partial charge in [0.1, 0.15) is 5.60 Å². The van der Waals surface area contributed by atoms with E-state index in [0.717, 1.165) is 0 Å². The molecule has 3 amide bonds. The Kier molecular flexibility index (Phi) is 8.13. The largest absolute Gasteiger partial charge is 0.493 e. The van der Waals surface area contributed by atoms with Crippen molar-refractivity contribution in [1.82, 2.24) is 15.1 Å². The molecule has 0 unspecified atom stereocenters. The SMILES string of the molecule is COc1cc(C(=O)N2CCN(C(=O)OC(C)(C)C)CC2)ccc1OCC(=O)NC(C)C. The van der Waals surface area contributed by atoms with Crippen LogP contribution in [0.15, 0.2) is 18.2 Å². The number of piperazine rings is 1. The van der Waals surface area contributed by atoms with Gasteiger partial charge in [-0.05, 0) is 52.8 Å². The summed E-state index contributed by atoms with van der Waals surface area (Å²) >= 11 is 0. The summed E-state index contributed by atoms with van der Waals surface area (Å²) in [6, 6.07) is 4.87. The van der Waals surface area contributed by atoms with Crippen LogP contribution in [-0.2, 0) is 9.53 Å². The molecule has 1 fully saturated rings. The van der Waals surface area contributed by atoms with E-state index in [1.54, 1.807) is 28.0 Å². The number of hydrogen-bond acceptors (Lipinski definition) is 6. The van der Waals surface area contributed by atoms with Crippen molar-refractivity contribution in [3.05, 3.63) is 23.8 Å². The lowest BCUT2D eigenvalue weighted by molar-refractivity contribution is -0.123. The number of methoxy groups -OCH3 is 1. The normalized spacial score (nSPS) is 14.3. The molecule has 9 nitrogen and oxygen atoms in total. The molecule has 1 aromatic carbocycles. The van der Waals surface area contributed by atoms with E-state index in [-0.39, 0.29) is 30.6 Å². The zero-order valence-corrected chi connectivity index (χ0v) is 19.2. The van der Waals surface area contributed by atoms with Gasteiger partial charge in [-0.25, -0.2) is 4.79 Å². The van der Waals surface area contributed by atoms with Crippen LogP contribution in [0.5, 0.6) is 11.5 Å². The lowest BCUT2D eigenvalue weighted by Gasteiger charge is -2.35. The topological polar surface area (TPSA) is 97.4 Å². The van der Waals surface area contributed by atoms with Crippen LogP contribution in [0, 0.1) is 0 Å². The molecule has 0 spiro atoms. The van der Waals surface area contributed by atoms with Gasteiger partial charge in [-0.1, -0.05) is 0 Å². The molecule has 0 aromatic heterocycles. The second kappa shape index (κ2) is 10.4. The van der Waals surface area contributed by atoms with Gasteiger partial charge in [0.25, 0.3) is 11.8 Å². The van der Waals surface area contributed by atoms with Crippen molar-refractivity contribution in [3.63, 3.8) is 0 Å². The molecule has 0 radical (unpaired) electrons. The standard InChI is InChI=1S/C22H33N3O6/c1-15(2)23-19(26)14-30-17-8-7-16(13-18(17)29-6)20(27)24-9-11-25(12-10-24)21(28)31-22(3,4)5/h7-8,13,15H,9-12,14H2,1-6H3,(H,23,26). The molecule has 1 aliphatic rings. The van der Waals surface area contributed by atoms with Crippen molar-refractivity contribution in [2.75, 3.05) is 39.9 Å². The van der Waals surface area contributed by atoms with E-state index in [4.69, 9.17) is 14.2 Å². The van der Waals surface area contributed by atoms with Gasteiger partial charge in [0, 0.05) is 37.8 Å². The lowest BCUT2D eigenvalue weighted by Crippen LogP contribution is -2.51. The van der Waals surface area contributed by atoms with E-state index in [1.165, 1.54) is 7.11 Å². The molecule has 0 bridgehead atoms. The third-order valence-electron chi connectivity index (χ3n) is 4.44. The number of carbonyl (C=O) groups is 3. The molecular weight excluding hydrogens is 402 g/mol. The Morgan fingerprint density at radius 2 is 1.65 bits per heavy atom.